The average Bonchev–Trinajstić information content (AvgIpc) is 1.99. The minimum atomic E-state index is -0.504. The van der Waals surface area contributed by atoms with Gasteiger partial charge in [-0.2, -0.15) is 5.26 Å². The summed E-state index contributed by atoms with van der Waals surface area (Å²) in [5.74, 6) is -0.429. The van der Waals surface area contributed by atoms with Gasteiger partial charge in [0.15, 0.2) is 0 Å². The van der Waals surface area contributed by atoms with E-state index in [1.807, 2.05) is 0 Å². The lowest BCUT2D eigenvalue weighted by Crippen LogP contribution is -1.99. The molecule has 0 fully saturated rings. The molecule has 4 heteroatoms. The molecule has 3 nitrogen and oxygen atoms in total. The maximum absolute atomic E-state index is 12.7. The largest absolute Gasteiger partial charge is 0.383 e. The van der Waals surface area contributed by atoms with E-state index in [4.69, 9.17) is 11.0 Å². The van der Waals surface area contributed by atoms with E-state index in [0.29, 0.717) is 0 Å². The van der Waals surface area contributed by atoms with Crippen molar-refractivity contribution in [3.05, 3.63) is 23.1 Å². The molecular weight excluding hydrogens is 145 g/mol. The van der Waals surface area contributed by atoms with Crippen molar-refractivity contribution in [1.29, 1.82) is 5.26 Å². The molecule has 0 radical (unpaired) electrons. The molecule has 0 saturated heterocycles. The molecular formula is C7H6FN3. The first kappa shape index (κ1) is 7.48. The zero-order valence-corrected chi connectivity index (χ0v) is 5.93. The predicted octanol–water partition coefficient (Wildman–Crippen LogP) is 0.983. The normalized spacial score (nSPS) is 9.18. The molecule has 1 aromatic rings. The standard InChI is InChI=1S/C7H6FN3/c1-4-5(2-9)7(10)11-3-6(4)8/h3H,1H3,(H2,10,11). The predicted molar refractivity (Wildman–Crippen MR) is 38.1 cm³/mol. The SMILES string of the molecule is Cc1c(F)cnc(N)c1C#N. The van der Waals surface area contributed by atoms with E-state index in [2.05, 4.69) is 4.98 Å². The lowest BCUT2D eigenvalue weighted by Gasteiger charge is -1.99. The second-order valence-electron chi connectivity index (χ2n) is 2.10. The summed E-state index contributed by atoms with van der Waals surface area (Å²) in [6.07, 6.45) is 1.01. The minimum Gasteiger partial charge on any atom is -0.383 e. The van der Waals surface area contributed by atoms with Crippen LogP contribution in [0, 0.1) is 24.1 Å². The van der Waals surface area contributed by atoms with Gasteiger partial charge in [0, 0.05) is 5.56 Å². The Balaban J connectivity index is 3.44. The van der Waals surface area contributed by atoms with Crippen LogP contribution >= 0.6 is 0 Å². The van der Waals surface area contributed by atoms with Crippen LogP contribution in [0.1, 0.15) is 11.1 Å². The van der Waals surface area contributed by atoms with E-state index in [-0.39, 0.29) is 16.9 Å². The van der Waals surface area contributed by atoms with E-state index in [9.17, 15) is 4.39 Å². The first-order valence-electron chi connectivity index (χ1n) is 2.97. The van der Waals surface area contributed by atoms with E-state index in [1.165, 1.54) is 6.92 Å². The highest BCUT2D eigenvalue weighted by molar-refractivity contribution is 5.52. The number of nitriles is 1. The van der Waals surface area contributed by atoms with Gasteiger partial charge in [0.25, 0.3) is 0 Å². The quantitative estimate of drug-likeness (QED) is 0.601. The highest BCUT2D eigenvalue weighted by Gasteiger charge is 2.07. The van der Waals surface area contributed by atoms with Gasteiger partial charge in [0.05, 0.1) is 11.8 Å². The third-order valence-electron chi connectivity index (χ3n) is 1.42. The van der Waals surface area contributed by atoms with Crippen LogP contribution in [0.25, 0.3) is 0 Å². The number of anilines is 1. The van der Waals surface area contributed by atoms with Crippen molar-refractivity contribution in [2.24, 2.45) is 0 Å². The molecule has 1 aromatic heterocycles. The number of nitrogens with two attached hydrogens (primary N) is 1. The molecule has 1 rings (SSSR count). The van der Waals surface area contributed by atoms with Crippen LogP contribution in [-0.4, -0.2) is 4.98 Å². The van der Waals surface area contributed by atoms with Crippen LogP contribution in [0.2, 0.25) is 0 Å². The van der Waals surface area contributed by atoms with Crippen molar-refractivity contribution in [1.82, 2.24) is 4.98 Å². The number of hydrogen-bond acceptors (Lipinski definition) is 3. The van der Waals surface area contributed by atoms with E-state index >= 15 is 0 Å². The van der Waals surface area contributed by atoms with Gasteiger partial charge >= 0.3 is 0 Å². The molecule has 0 aliphatic heterocycles. The molecule has 0 unspecified atom stereocenters. The summed E-state index contributed by atoms with van der Waals surface area (Å²) in [5.41, 5.74) is 5.67. The number of pyridine rings is 1. The number of nitrogen functional groups attached to an aromatic ring is 1. The maximum Gasteiger partial charge on any atom is 0.145 e. The van der Waals surface area contributed by atoms with Crippen molar-refractivity contribution in [2.45, 2.75) is 6.92 Å². The van der Waals surface area contributed by atoms with Gasteiger partial charge in [0.1, 0.15) is 17.7 Å². The van der Waals surface area contributed by atoms with E-state index in [1.54, 1.807) is 6.07 Å². The van der Waals surface area contributed by atoms with Crippen molar-refractivity contribution in [3.63, 3.8) is 0 Å². The molecule has 11 heavy (non-hydrogen) atoms. The number of hydrogen-bond donors (Lipinski definition) is 1. The van der Waals surface area contributed by atoms with Gasteiger partial charge in [-0.25, -0.2) is 9.37 Å². The Morgan fingerprint density at radius 2 is 2.36 bits per heavy atom. The number of rotatable bonds is 0. The van der Waals surface area contributed by atoms with Crippen LogP contribution in [0.15, 0.2) is 6.20 Å². The first-order chi connectivity index (χ1) is 5.16. The van der Waals surface area contributed by atoms with E-state index in [0.717, 1.165) is 6.20 Å². The number of aromatic nitrogens is 1. The molecule has 2 N–H and O–H groups in total. The molecule has 0 amide bonds. The second kappa shape index (κ2) is 2.54. The van der Waals surface area contributed by atoms with Crippen LogP contribution in [0.4, 0.5) is 10.2 Å². The molecule has 0 spiro atoms. The summed E-state index contributed by atoms with van der Waals surface area (Å²) in [6.45, 7) is 1.49. The first-order valence-corrected chi connectivity index (χ1v) is 2.97. The smallest absolute Gasteiger partial charge is 0.145 e. The van der Waals surface area contributed by atoms with Gasteiger partial charge in [-0.15, -0.1) is 0 Å². The van der Waals surface area contributed by atoms with Gasteiger partial charge in [-0.1, -0.05) is 0 Å². The van der Waals surface area contributed by atoms with Crippen LogP contribution < -0.4 is 5.73 Å². The molecule has 0 bridgehead atoms. The molecule has 0 atom stereocenters. The average molecular weight is 151 g/mol. The zero-order chi connectivity index (χ0) is 8.43. The van der Waals surface area contributed by atoms with Gasteiger partial charge in [0.2, 0.25) is 0 Å². The third kappa shape index (κ3) is 1.13. The van der Waals surface area contributed by atoms with Crippen LogP contribution in [-0.2, 0) is 0 Å². The van der Waals surface area contributed by atoms with Crippen molar-refractivity contribution in [3.8, 4) is 6.07 Å². The fraction of sp³-hybridized carbons (Fsp3) is 0.143. The van der Waals surface area contributed by atoms with E-state index < -0.39 is 5.82 Å². The highest BCUT2D eigenvalue weighted by Crippen LogP contribution is 2.14. The number of halogens is 1. The summed E-state index contributed by atoms with van der Waals surface area (Å²) in [5, 5.41) is 8.49. The molecule has 0 aliphatic carbocycles. The Bertz CT molecular complexity index is 327. The van der Waals surface area contributed by atoms with Gasteiger partial charge < -0.3 is 5.73 Å². The zero-order valence-electron chi connectivity index (χ0n) is 5.93. The second-order valence-corrected chi connectivity index (χ2v) is 2.10. The number of nitrogens with zero attached hydrogens (tertiary/aromatic N) is 2. The Labute approximate surface area is 63.3 Å². The summed E-state index contributed by atoms with van der Waals surface area (Å²) in [6, 6.07) is 1.78. The van der Waals surface area contributed by atoms with Crippen molar-refractivity contribution < 1.29 is 4.39 Å². The lowest BCUT2D eigenvalue weighted by molar-refractivity contribution is 0.612. The Morgan fingerprint density at radius 1 is 1.73 bits per heavy atom. The maximum atomic E-state index is 12.7. The molecule has 56 valence electrons. The Kier molecular flexibility index (Phi) is 1.73. The molecule has 0 aromatic carbocycles. The fourth-order valence-electron chi connectivity index (χ4n) is 0.740. The van der Waals surface area contributed by atoms with Crippen LogP contribution in [0.3, 0.4) is 0 Å². The highest BCUT2D eigenvalue weighted by atomic mass is 19.1. The summed E-state index contributed by atoms with van der Waals surface area (Å²) in [4.78, 5) is 3.49. The van der Waals surface area contributed by atoms with Gasteiger partial charge in [-0.05, 0) is 6.92 Å². The lowest BCUT2D eigenvalue weighted by atomic mass is 10.1. The Hall–Kier alpha value is -1.63. The van der Waals surface area contributed by atoms with Crippen molar-refractivity contribution >= 4 is 5.82 Å². The monoisotopic (exact) mass is 151 g/mol. The molecule has 0 saturated carbocycles. The topological polar surface area (TPSA) is 62.7 Å². The van der Waals surface area contributed by atoms with Gasteiger partial charge in [-0.3, -0.25) is 0 Å². The molecule has 1 heterocycles. The van der Waals surface area contributed by atoms with Crippen LogP contribution in [0.5, 0.6) is 0 Å². The fourth-order valence-corrected chi connectivity index (χ4v) is 0.740. The summed E-state index contributed by atoms with van der Waals surface area (Å²) >= 11 is 0. The molecule has 0 aliphatic rings. The minimum absolute atomic E-state index is 0.0754. The van der Waals surface area contributed by atoms with Crippen molar-refractivity contribution in [2.75, 3.05) is 5.73 Å². The Morgan fingerprint density at radius 3 is 2.82 bits per heavy atom. The summed E-state index contributed by atoms with van der Waals surface area (Å²) < 4.78 is 12.7. The third-order valence-corrected chi connectivity index (χ3v) is 1.42. The summed E-state index contributed by atoms with van der Waals surface area (Å²) in [7, 11) is 0.